The summed E-state index contributed by atoms with van der Waals surface area (Å²) in [5.41, 5.74) is 1.69. The van der Waals surface area contributed by atoms with E-state index in [0.717, 1.165) is 18.8 Å². The van der Waals surface area contributed by atoms with Crippen LogP contribution in [0.15, 0.2) is 42.5 Å². The first-order chi connectivity index (χ1) is 12.0. The van der Waals surface area contributed by atoms with E-state index < -0.39 is 10.8 Å². The highest BCUT2D eigenvalue weighted by Gasteiger charge is 2.16. The number of nitro benzene ring substituents is 1. The molecule has 1 fully saturated rings. The first kappa shape index (κ1) is 17.2. The third kappa shape index (κ3) is 4.09. The highest BCUT2D eigenvalue weighted by molar-refractivity contribution is 6.32. The summed E-state index contributed by atoms with van der Waals surface area (Å²) < 4.78 is 0. The molecule has 0 spiro atoms. The fourth-order valence-corrected chi connectivity index (χ4v) is 3.09. The second-order valence-corrected chi connectivity index (χ2v) is 6.38. The molecule has 0 unspecified atom stereocenters. The Labute approximate surface area is 150 Å². The number of halogens is 1. The van der Waals surface area contributed by atoms with Crippen LogP contribution in [0, 0.1) is 10.1 Å². The Morgan fingerprint density at radius 3 is 2.40 bits per heavy atom. The first-order valence-corrected chi connectivity index (χ1v) is 8.53. The quantitative estimate of drug-likeness (QED) is 0.644. The fraction of sp³-hybridized carbons (Fsp3) is 0.278. The molecule has 130 valence electrons. The van der Waals surface area contributed by atoms with Gasteiger partial charge in [0.15, 0.2) is 0 Å². The van der Waals surface area contributed by atoms with Crippen LogP contribution >= 0.6 is 11.6 Å². The molecule has 1 aliphatic heterocycles. The SMILES string of the molecule is O=C(Nc1ccc(N2CCCCC2)cc1)c1ccc(Cl)c([N+](=O)[O-])c1. The third-order valence-electron chi connectivity index (χ3n) is 4.25. The Balaban J connectivity index is 1.70. The van der Waals surface area contributed by atoms with Crippen LogP contribution in [-0.4, -0.2) is 23.9 Å². The van der Waals surface area contributed by atoms with E-state index in [1.54, 1.807) is 0 Å². The fourth-order valence-electron chi connectivity index (χ4n) is 2.90. The van der Waals surface area contributed by atoms with Gasteiger partial charge in [-0.1, -0.05) is 11.6 Å². The molecule has 0 bridgehead atoms. The van der Waals surface area contributed by atoms with Crippen molar-refractivity contribution >= 4 is 34.6 Å². The van der Waals surface area contributed by atoms with Crippen molar-refractivity contribution in [3.05, 3.63) is 63.2 Å². The van der Waals surface area contributed by atoms with Gasteiger partial charge in [-0.15, -0.1) is 0 Å². The third-order valence-corrected chi connectivity index (χ3v) is 4.57. The van der Waals surface area contributed by atoms with Crippen molar-refractivity contribution in [2.24, 2.45) is 0 Å². The van der Waals surface area contributed by atoms with E-state index >= 15 is 0 Å². The summed E-state index contributed by atoms with van der Waals surface area (Å²) in [7, 11) is 0. The molecule has 1 saturated heterocycles. The number of piperidine rings is 1. The number of rotatable bonds is 4. The molecule has 2 aromatic rings. The van der Waals surface area contributed by atoms with Gasteiger partial charge in [0.25, 0.3) is 11.6 Å². The average molecular weight is 360 g/mol. The predicted octanol–water partition coefficient (Wildman–Crippen LogP) is 4.49. The second-order valence-electron chi connectivity index (χ2n) is 5.97. The van der Waals surface area contributed by atoms with E-state index in [1.807, 2.05) is 24.3 Å². The highest BCUT2D eigenvalue weighted by atomic mass is 35.5. The van der Waals surface area contributed by atoms with Gasteiger partial charge in [-0.2, -0.15) is 0 Å². The minimum absolute atomic E-state index is 0.00688. The molecule has 0 radical (unpaired) electrons. The number of carbonyl (C=O) groups excluding carboxylic acids is 1. The van der Waals surface area contributed by atoms with Gasteiger partial charge < -0.3 is 10.2 Å². The molecule has 1 N–H and O–H groups in total. The van der Waals surface area contributed by atoms with Gasteiger partial charge in [0.2, 0.25) is 0 Å². The number of nitrogens with one attached hydrogen (secondary N) is 1. The van der Waals surface area contributed by atoms with Crippen molar-refractivity contribution in [1.29, 1.82) is 0 Å². The monoisotopic (exact) mass is 359 g/mol. The zero-order valence-corrected chi connectivity index (χ0v) is 14.3. The van der Waals surface area contributed by atoms with E-state index in [-0.39, 0.29) is 16.3 Å². The van der Waals surface area contributed by atoms with Crippen molar-refractivity contribution in [3.63, 3.8) is 0 Å². The number of nitrogens with zero attached hydrogens (tertiary/aromatic N) is 2. The van der Waals surface area contributed by atoms with E-state index in [9.17, 15) is 14.9 Å². The van der Waals surface area contributed by atoms with Crippen LogP contribution < -0.4 is 10.2 Å². The normalized spacial score (nSPS) is 14.2. The molecule has 2 aromatic carbocycles. The maximum atomic E-state index is 12.3. The Kier molecular flexibility index (Phi) is 5.19. The molecular formula is C18H18ClN3O3. The summed E-state index contributed by atoms with van der Waals surface area (Å²) in [6, 6.07) is 11.6. The predicted molar refractivity (Wildman–Crippen MR) is 98.6 cm³/mol. The summed E-state index contributed by atoms with van der Waals surface area (Å²) in [6.45, 7) is 2.11. The molecule has 0 aromatic heterocycles. The maximum absolute atomic E-state index is 12.3. The summed E-state index contributed by atoms with van der Waals surface area (Å²) in [4.78, 5) is 25.0. The standard InChI is InChI=1S/C18H18ClN3O3/c19-16-9-4-13(12-17(16)22(24)25)18(23)20-14-5-7-15(8-6-14)21-10-2-1-3-11-21/h4-9,12H,1-3,10-11H2,(H,20,23). The molecule has 1 aliphatic rings. The lowest BCUT2D eigenvalue weighted by Gasteiger charge is -2.28. The smallest absolute Gasteiger partial charge is 0.288 e. The molecule has 0 atom stereocenters. The van der Waals surface area contributed by atoms with Gasteiger partial charge in [-0.25, -0.2) is 0 Å². The number of amides is 1. The lowest BCUT2D eigenvalue weighted by molar-refractivity contribution is -0.384. The van der Waals surface area contributed by atoms with Crippen LogP contribution in [-0.2, 0) is 0 Å². The zero-order chi connectivity index (χ0) is 17.8. The minimum Gasteiger partial charge on any atom is -0.372 e. The van der Waals surface area contributed by atoms with Crippen molar-refractivity contribution < 1.29 is 9.72 Å². The molecule has 3 rings (SSSR count). The number of hydrogen-bond donors (Lipinski definition) is 1. The number of nitro groups is 1. The average Bonchev–Trinajstić information content (AvgIpc) is 2.63. The van der Waals surface area contributed by atoms with E-state index in [4.69, 9.17) is 11.6 Å². The van der Waals surface area contributed by atoms with Crippen molar-refractivity contribution in [2.75, 3.05) is 23.3 Å². The number of anilines is 2. The van der Waals surface area contributed by atoms with Gasteiger partial charge in [0.05, 0.1) is 4.92 Å². The van der Waals surface area contributed by atoms with E-state index in [2.05, 4.69) is 10.2 Å². The molecule has 7 heteroatoms. The largest absolute Gasteiger partial charge is 0.372 e. The highest BCUT2D eigenvalue weighted by Crippen LogP contribution is 2.26. The molecule has 6 nitrogen and oxygen atoms in total. The minimum atomic E-state index is -0.605. The summed E-state index contributed by atoms with van der Waals surface area (Å²) >= 11 is 5.77. The molecule has 0 saturated carbocycles. The van der Waals surface area contributed by atoms with Crippen LogP contribution in [0.5, 0.6) is 0 Å². The molecule has 1 amide bonds. The van der Waals surface area contributed by atoms with Crippen molar-refractivity contribution in [2.45, 2.75) is 19.3 Å². The van der Waals surface area contributed by atoms with Gasteiger partial charge in [-0.3, -0.25) is 14.9 Å². The van der Waals surface area contributed by atoms with Crippen molar-refractivity contribution in [1.82, 2.24) is 0 Å². The van der Waals surface area contributed by atoms with Crippen LogP contribution in [0.4, 0.5) is 17.1 Å². The van der Waals surface area contributed by atoms with E-state index in [0.29, 0.717) is 5.69 Å². The van der Waals surface area contributed by atoms with Gasteiger partial charge >= 0.3 is 0 Å². The van der Waals surface area contributed by atoms with E-state index in [1.165, 1.54) is 37.5 Å². The summed E-state index contributed by atoms with van der Waals surface area (Å²) in [5, 5.41) is 13.7. The van der Waals surface area contributed by atoms with Crippen LogP contribution in [0.3, 0.4) is 0 Å². The Hall–Kier alpha value is -2.60. The Morgan fingerprint density at radius 1 is 1.08 bits per heavy atom. The molecule has 0 aliphatic carbocycles. The number of hydrogen-bond acceptors (Lipinski definition) is 4. The molecular weight excluding hydrogens is 342 g/mol. The van der Waals surface area contributed by atoms with Crippen LogP contribution in [0.1, 0.15) is 29.6 Å². The number of carbonyl (C=O) groups is 1. The van der Waals surface area contributed by atoms with Crippen molar-refractivity contribution in [3.8, 4) is 0 Å². The van der Waals surface area contributed by atoms with Gasteiger partial charge in [-0.05, 0) is 55.7 Å². The second kappa shape index (κ2) is 7.53. The summed E-state index contributed by atoms with van der Waals surface area (Å²) in [5.74, 6) is -0.412. The van der Waals surface area contributed by atoms with Crippen LogP contribution in [0.25, 0.3) is 0 Å². The maximum Gasteiger partial charge on any atom is 0.288 e. The number of benzene rings is 2. The van der Waals surface area contributed by atoms with Gasteiger partial charge in [0.1, 0.15) is 5.02 Å². The summed E-state index contributed by atoms with van der Waals surface area (Å²) in [6.07, 6.45) is 3.68. The topological polar surface area (TPSA) is 75.5 Å². The van der Waals surface area contributed by atoms with Crippen LogP contribution in [0.2, 0.25) is 5.02 Å². The molecule has 1 heterocycles. The lowest BCUT2D eigenvalue weighted by Crippen LogP contribution is -2.29. The van der Waals surface area contributed by atoms with Gasteiger partial charge in [0, 0.05) is 36.1 Å². The Bertz CT molecular complexity index is 787. The molecule has 25 heavy (non-hydrogen) atoms. The zero-order valence-electron chi connectivity index (χ0n) is 13.6. The lowest BCUT2D eigenvalue weighted by atomic mass is 10.1. The Morgan fingerprint density at radius 2 is 1.76 bits per heavy atom. The first-order valence-electron chi connectivity index (χ1n) is 8.15.